The molecule has 0 unspecified atom stereocenters. The van der Waals surface area contributed by atoms with E-state index < -0.39 is 0 Å². The van der Waals surface area contributed by atoms with Gasteiger partial charge in [0.1, 0.15) is 11.6 Å². The summed E-state index contributed by atoms with van der Waals surface area (Å²) in [5, 5.41) is 3.29. The minimum atomic E-state index is 0.377. The Balaban J connectivity index is 2.95. The molecule has 0 aromatic carbocycles. The van der Waals surface area contributed by atoms with Gasteiger partial charge in [0, 0.05) is 23.7 Å². The van der Waals surface area contributed by atoms with Crippen molar-refractivity contribution >= 4 is 5.82 Å². The first-order valence-electron chi connectivity index (χ1n) is 5.11. The Kier molecular flexibility index (Phi) is 3.44. The molecule has 0 amide bonds. The normalized spacial score (nSPS) is 11.1. The molecule has 1 heterocycles. The first-order valence-corrected chi connectivity index (χ1v) is 5.11. The van der Waals surface area contributed by atoms with Gasteiger partial charge in [-0.25, -0.2) is 9.97 Å². The molecule has 0 saturated heterocycles. The standard InChI is InChI=1S/C11H19N3/c1-7(2)11-13-9(5)6-10(14-11)12-8(3)4/h6-8H,1-5H3,(H,12,13,14). The van der Waals surface area contributed by atoms with Crippen LogP contribution in [-0.4, -0.2) is 16.0 Å². The summed E-state index contributed by atoms with van der Waals surface area (Å²) < 4.78 is 0. The van der Waals surface area contributed by atoms with E-state index in [-0.39, 0.29) is 0 Å². The van der Waals surface area contributed by atoms with Gasteiger partial charge in [-0.1, -0.05) is 13.8 Å². The molecule has 0 aliphatic heterocycles. The molecule has 1 aromatic rings. The summed E-state index contributed by atoms with van der Waals surface area (Å²) in [7, 11) is 0. The topological polar surface area (TPSA) is 37.8 Å². The quantitative estimate of drug-likeness (QED) is 0.802. The number of aryl methyl sites for hydroxylation is 1. The molecule has 0 spiro atoms. The molecule has 14 heavy (non-hydrogen) atoms. The van der Waals surface area contributed by atoms with Gasteiger partial charge in [0.05, 0.1) is 0 Å². The Morgan fingerprint density at radius 2 is 1.79 bits per heavy atom. The zero-order valence-corrected chi connectivity index (χ0v) is 9.63. The molecule has 1 aromatic heterocycles. The van der Waals surface area contributed by atoms with Crippen LogP contribution < -0.4 is 5.32 Å². The molecular weight excluding hydrogens is 174 g/mol. The lowest BCUT2D eigenvalue weighted by molar-refractivity contribution is 0.762. The Bertz CT molecular complexity index is 305. The van der Waals surface area contributed by atoms with Gasteiger partial charge in [-0.3, -0.25) is 0 Å². The summed E-state index contributed by atoms with van der Waals surface area (Å²) in [6, 6.07) is 2.38. The van der Waals surface area contributed by atoms with Gasteiger partial charge < -0.3 is 5.32 Å². The van der Waals surface area contributed by atoms with E-state index in [1.807, 2.05) is 13.0 Å². The van der Waals surface area contributed by atoms with E-state index in [9.17, 15) is 0 Å². The first-order chi connectivity index (χ1) is 6.49. The zero-order valence-electron chi connectivity index (χ0n) is 9.63. The third-order valence-corrected chi connectivity index (χ3v) is 1.82. The second-order valence-corrected chi connectivity index (χ2v) is 4.21. The third-order valence-electron chi connectivity index (χ3n) is 1.82. The lowest BCUT2D eigenvalue weighted by Crippen LogP contribution is -2.13. The molecule has 0 aliphatic carbocycles. The largest absolute Gasteiger partial charge is 0.368 e. The van der Waals surface area contributed by atoms with Gasteiger partial charge in [0.15, 0.2) is 0 Å². The van der Waals surface area contributed by atoms with Crippen LogP contribution in [0.15, 0.2) is 6.07 Å². The maximum absolute atomic E-state index is 4.45. The number of hydrogen-bond donors (Lipinski definition) is 1. The maximum atomic E-state index is 4.45. The fraction of sp³-hybridized carbons (Fsp3) is 0.636. The minimum Gasteiger partial charge on any atom is -0.368 e. The summed E-state index contributed by atoms with van der Waals surface area (Å²) in [6.07, 6.45) is 0. The van der Waals surface area contributed by atoms with Crippen LogP contribution in [0, 0.1) is 6.92 Å². The van der Waals surface area contributed by atoms with Crippen LogP contribution in [0.1, 0.15) is 45.1 Å². The van der Waals surface area contributed by atoms with Crippen molar-refractivity contribution in [3.8, 4) is 0 Å². The summed E-state index contributed by atoms with van der Waals surface area (Å²) in [4.78, 5) is 8.84. The van der Waals surface area contributed by atoms with E-state index in [0.29, 0.717) is 12.0 Å². The number of anilines is 1. The van der Waals surface area contributed by atoms with Crippen LogP contribution in [0.5, 0.6) is 0 Å². The summed E-state index contributed by atoms with van der Waals surface area (Å²) in [6.45, 7) is 10.4. The fourth-order valence-electron chi connectivity index (χ4n) is 1.22. The lowest BCUT2D eigenvalue weighted by Gasteiger charge is -2.12. The molecule has 3 heteroatoms. The Morgan fingerprint density at radius 1 is 1.14 bits per heavy atom. The SMILES string of the molecule is Cc1cc(NC(C)C)nc(C(C)C)n1. The van der Waals surface area contributed by atoms with Gasteiger partial charge in [0.2, 0.25) is 0 Å². The van der Waals surface area contributed by atoms with Gasteiger partial charge >= 0.3 is 0 Å². The van der Waals surface area contributed by atoms with Crippen LogP contribution >= 0.6 is 0 Å². The zero-order chi connectivity index (χ0) is 10.7. The van der Waals surface area contributed by atoms with Gasteiger partial charge in [-0.05, 0) is 20.8 Å². The third kappa shape index (κ3) is 2.98. The van der Waals surface area contributed by atoms with Crippen LogP contribution in [0.4, 0.5) is 5.82 Å². The predicted molar refractivity (Wildman–Crippen MR) is 59.6 cm³/mol. The summed E-state index contributed by atoms with van der Waals surface area (Å²) in [5.41, 5.74) is 1.02. The van der Waals surface area contributed by atoms with E-state index in [1.54, 1.807) is 0 Å². The molecule has 0 radical (unpaired) electrons. The monoisotopic (exact) mass is 193 g/mol. The Labute approximate surface area is 86.0 Å². The number of nitrogens with zero attached hydrogens (tertiary/aromatic N) is 2. The molecule has 1 N–H and O–H groups in total. The van der Waals surface area contributed by atoms with Crippen molar-refractivity contribution in [3.63, 3.8) is 0 Å². The van der Waals surface area contributed by atoms with E-state index in [4.69, 9.17) is 0 Å². The average molecular weight is 193 g/mol. The first kappa shape index (κ1) is 11.0. The number of hydrogen-bond acceptors (Lipinski definition) is 3. The molecule has 0 fully saturated rings. The highest BCUT2D eigenvalue weighted by Gasteiger charge is 2.06. The average Bonchev–Trinajstić information content (AvgIpc) is 2.01. The second-order valence-electron chi connectivity index (χ2n) is 4.21. The second kappa shape index (κ2) is 4.40. The van der Waals surface area contributed by atoms with E-state index in [1.165, 1.54) is 0 Å². The van der Waals surface area contributed by atoms with E-state index in [0.717, 1.165) is 17.3 Å². The van der Waals surface area contributed by atoms with Crippen molar-refractivity contribution in [1.82, 2.24) is 9.97 Å². The van der Waals surface area contributed by atoms with Gasteiger partial charge in [-0.15, -0.1) is 0 Å². The summed E-state index contributed by atoms with van der Waals surface area (Å²) >= 11 is 0. The number of nitrogens with one attached hydrogen (secondary N) is 1. The van der Waals surface area contributed by atoms with Crippen LogP contribution in [0.25, 0.3) is 0 Å². The van der Waals surface area contributed by atoms with Crippen molar-refractivity contribution < 1.29 is 0 Å². The minimum absolute atomic E-state index is 0.377. The highest BCUT2D eigenvalue weighted by molar-refractivity contribution is 5.36. The highest BCUT2D eigenvalue weighted by atomic mass is 15.0. The molecule has 0 saturated carbocycles. The molecular formula is C11H19N3. The van der Waals surface area contributed by atoms with Crippen molar-refractivity contribution in [1.29, 1.82) is 0 Å². The van der Waals surface area contributed by atoms with Crippen LogP contribution in [0.2, 0.25) is 0 Å². The molecule has 0 aliphatic rings. The van der Waals surface area contributed by atoms with Crippen molar-refractivity contribution in [2.45, 2.75) is 46.6 Å². The van der Waals surface area contributed by atoms with Gasteiger partial charge in [-0.2, -0.15) is 0 Å². The molecule has 3 nitrogen and oxygen atoms in total. The van der Waals surface area contributed by atoms with Crippen molar-refractivity contribution in [3.05, 3.63) is 17.6 Å². The summed E-state index contributed by atoms with van der Waals surface area (Å²) in [5.74, 6) is 2.21. The fourth-order valence-corrected chi connectivity index (χ4v) is 1.22. The van der Waals surface area contributed by atoms with Crippen molar-refractivity contribution in [2.75, 3.05) is 5.32 Å². The molecule has 0 bridgehead atoms. The predicted octanol–water partition coefficient (Wildman–Crippen LogP) is 2.73. The molecule has 1 rings (SSSR count). The lowest BCUT2D eigenvalue weighted by atomic mass is 10.2. The number of rotatable bonds is 3. The molecule has 0 atom stereocenters. The van der Waals surface area contributed by atoms with E-state index >= 15 is 0 Å². The number of aromatic nitrogens is 2. The van der Waals surface area contributed by atoms with Crippen LogP contribution in [0.3, 0.4) is 0 Å². The smallest absolute Gasteiger partial charge is 0.133 e. The Morgan fingerprint density at radius 3 is 2.29 bits per heavy atom. The highest BCUT2D eigenvalue weighted by Crippen LogP contribution is 2.13. The van der Waals surface area contributed by atoms with Crippen LogP contribution in [-0.2, 0) is 0 Å². The van der Waals surface area contributed by atoms with E-state index in [2.05, 4.69) is 43.0 Å². The molecule has 78 valence electrons. The Hall–Kier alpha value is -1.12. The maximum Gasteiger partial charge on any atom is 0.133 e. The van der Waals surface area contributed by atoms with Gasteiger partial charge in [0.25, 0.3) is 0 Å². The van der Waals surface area contributed by atoms with Crippen molar-refractivity contribution in [2.24, 2.45) is 0 Å².